The summed E-state index contributed by atoms with van der Waals surface area (Å²) in [5.41, 5.74) is 4.10. The molecule has 1 saturated heterocycles. The molecule has 0 aromatic heterocycles. The van der Waals surface area contributed by atoms with Crippen LogP contribution in [0.4, 0.5) is 5.69 Å². The number of methoxy groups -OCH3 is 4. The van der Waals surface area contributed by atoms with Gasteiger partial charge in [0.2, 0.25) is 5.75 Å². The van der Waals surface area contributed by atoms with E-state index in [9.17, 15) is 24.3 Å². The van der Waals surface area contributed by atoms with E-state index in [1.54, 1.807) is 24.3 Å². The number of carboxylic acids is 1. The van der Waals surface area contributed by atoms with Crippen molar-refractivity contribution in [2.75, 3.05) is 33.8 Å². The SMILES string of the molecule is COc1ccccc1C1SC(CC(=O)O)C(=O)N1NC(=O)c1ccc(NC(=O)c2cc(OC)c(OC)c(OC)c2)cc1. The Labute approximate surface area is 245 Å². The molecular weight excluding hydrogens is 566 g/mol. The highest BCUT2D eigenvalue weighted by atomic mass is 32.2. The minimum absolute atomic E-state index is 0.207. The number of benzene rings is 3. The Kier molecular flexibility index (Phi) is 9.42. The van der Waals surface area contributed by atoms with Gasteiger partial charge >= 0.3 is 5.97 Å². The zero-order valence-electron chi connectivity index (χ0n) is 23.2. The van der Waals surface area contributed by atoms with E-state index in [-0.39, 0.29) is 11.1 Å². The van der Waals surface area contributed by atoms with E-state index in [4.69, 9.17) is 18.9 Å². The highest BCUT2D eigenvalue weighted by Crippen LogP contribution is 2.46. The van der Waals surface area contributed by atoms with Gasteiger partial charge in [-0.15, -0.1) is 11.8 Å². The van der Waals surface area contributed by atoms with Crippen LogP contribution >= 0.6 is 11.8 Å². The lowest BCUT2D eigenvalue weighted by atomic mass is 10.1. The number of aliphatic carboxylic acids is 1. The maximum atomic E-state index is 13.2. The number of para-hydroxylation sites is 1. The van der Waals surface area contributed by atoms with Gasteiger partial charge in [0.25, 0.3) is 17.7 Å². The molecule has 0 bridgehead atoms. The quantitative estimate of drug-likeness (QED) is 0.299. The lowest BCUT2D eigenvalue weighted by Gasteiger charge is -2.25. The summed E-state index contributed by atoms with van der Waals surface area (Å²) >= 11 is 1.12. The van der Waals surface area contributed by atoms with Gasteiger partial charge < -0.3 is 29.4 Å². The van der Waals surface area contributed by atoms with Crippen LogP contribution in [-0.2, 0) is 9.59 Å². The highest BCUT2D eigenvalue weighted by Gasteiger charge is 2.44. The number of nitrogens with one attached hydrogen (secondary N) is 2. The van der Waals surface area contributed by atoms with Crippen molar-refractivity contribution in [2.45, 2.75) is 17.0 Å². The summed E-state index contributed by atoms with van der Waals surface area (Å²) in [5.74, 6) is -1.23. The van der Waals surface area contributed by atoms with Gasteiger partial charge in [0.05, 0.1) is 40.1 Å². The van der Waals surface area contributed by atoms with Crippen LogP contribution in [0, 0.1) is 0 Å². The minimum atomic E-state index is -1.13. The predicted molar refractivity (Wildman–Crippen MR) is 154 cm³/mol. The first-order valence-corrected chi connectivity index (χ1v) is 13.5. The van der Waals surface area contributed by atoms with E-state index in [0.717, 1.165) is 16.8 Å². The molecule has 1 fully saturated rings. The largest absolute Gasteiger partial charge is 0.496 e. The van der Waals surface area contributed by atoms with Crippen molar-refractivity contribution < 1.29 is 43.2 Å². The molecule has 3 N–H and O–H groups in total. The molecule has 0 aliphatic carbocycles. The van der Waals surface area contributed by atoms with Gasteiger partial charge in [-0.05, 0) is 42.5 Å². The Hall–Kier alpha value is -4.91. The number of nitrogens with zero attached hydrogens (tertiary/aromatic N) is 1. The number of carbonyl (C=O) groups excluding carboxylic acids is 3. The zero-order chi connectivity index (χ0) is 30.4. The molecule has 3 aromatic carbocycles. The third-order valence-electron chi connectivity index (χ3n) is 6.36. The van der Waals surface area contributed by atoms with E-state index >= 15 is 0 Å². The molecule has 0 saturated carbocycles. The topological polar surface area (TPSA) is 153 Å². The molecule has 3 aromatic rings. The Bertz CT molecular complexity index is 1470. The Morgan fingerprint density at radius 3 is 2.02 bits per heavy atom. The van der Waals surface area contributed by atoms with Crippen LogP contribution in [0.2, 0.25) is 0 Å². The summed E-state index contributed by atoms with van der Waals surface area (Å²) in [5, 5.41) is 11.6. The van der Waals surface area contributed by atoms with Crippen LogP contribution in [0.3, 0.4) is 0 Å². The van der Waals surface area contributed by atoms with Crippen LogP contribution < -0.4 is 29.7 Å². The van der Waals surface area contributed by atoms with Crippen LogP contribution in [0.15, 0.2) is 60.7 Å². The van der Waals surface area contributed by atoms with Gasteiger partial charge in [0, 0.05) is 22.4 Å². The normalized spacial score (nSPS) is 16.0. The van der Waals surface area contributed by atoms with Gasteiger partial charge in [-0.2, -0.15) is 0 Å². The second-order valence-electron chi connectivity index (χ2n) is 8.91. The standard InChI is InChI=1S/C29H29N3O9S/c1-38-20-8-6-5-7-19(20)29-32(28(37)23(42-29)15-24(33)34)31-27(36)16-9-11-18(12-10-16)30-26(35)17-13-21(39-2)25(41-4)22(14-17)40-3/h5-14,23,29H,15H2,1-4H3,(H,30,35)(H,31,36)(H,33,34). The first-order chi connectivity index (χ1) is 20.2. The molecule has 1 aliphatic rings. The number of carboxylic acid groups (broad SMARTS) is 1. The molecule has 2 unspecified atom stereocenters. The number of hydrazine groups is 1. The Morgan fingerprint density at radius 2 is 1.45 bits per heavy atom. The Morgan fingerprint density at radius 1 is 0.833 bits per heavy atom. The van der Waals surface area contributed by atoms with Crippen molar-refractivity contribution in [1.29, 1.82) is 0 Å². The summed E-state index contributed by atoms with van der Waals surface area (Å²) in [4.78, 5) is 50.6. The molecule has 2 atom stereocenters. The molecular formula is C29H29N3O9S. The van der Waals surface area contributed by atoms with Gasteiger partial charge in [-0.3, -0.25) is 24.6 Å². The lowest BCUT2D eigenvalue weighted by molar-refractivity contribution is -0.140. The van der Waals surface area contributed by atoms with Crippen molar-refractivity contribution in [3.05, 3.63) is 77.4 Å². The molecule has 4 rings (SSSR count). The maximum Gasteiger partial charge on any atom is 0.305 e. The number of amides is 3. The van der Waals surface area contributed by atoms with E-state index in [2.05, 4.69) is 10.7 Å². The molecule has 42 heavy (non-hydrogen) atoms. The monoisotopic (exact) mass is 595 g/mol. The van der Waals surface area contributed by atoms with E-state index in [0.29, 0.717) is 34.2 Å². The van der Waals surface area contributed by atoms with E-state index in [1.165, 1.54) is 64.8 Å². The predicted octanol–water partition coefficient (Wildman–Crippen LogP) is 3.74. The zero-order valence-corrected chi connectivity index (χ0v) is 24.0. The fraction of sp³-hybridized carbons (Fsp3) is 0.241. The van der Waals surface area contributed by atoms with Gasteiger partial charge in [0.1, 0.15) is 11.1 Å². The molecule has 3 amide bonds. The second kappa shape index (κ2) is 13.2. The minimum Gasteiger partial charge on any atom is -0.496 e. The van der Waals surface area contributed by atoms with Crippen LogP contribution in [0.5, 0.6) is 23.0 Å². The number of carbonyl (C=O) groups is 4. The number of rotatable bonds is 11. The van der Waals surface area contributed by atoms with Crippen molar-refractivity contribution in [3.63, 3.8) is 0 Å². The van der Waals surface area contributed by atoms with Gasteiger partial charge in [-0.1, -0.05) is 18.2 Å². The number of hydrogen-bond acceptors (Lipinski definition) is 9. The fourth-order valence-corrected chi connectivity index (χ4v) is 5.73. The molecule has 220 valence electrons. The molecule has 1 heterocycles. The van der Waals surface area contributed by atoms with E-state index < -0.39 is 40.7 Å². The first-order valence-electron chi connectivity index (χ1n) is 12.6. The Balaban J connectivity index is 1.51. The third-order valence-corrected chi connectivity index (χ3v) is 7.78. The van der Waals surface area contributed by atoms with Crippen molar-refractivity contribution in [2.24, 2.45) is 0 Å². The van der Waals surface area contributed by atoms with E-state index in [1.807, 2.05) is 0 Å². The highest BCUT2D eigenvalue weighted by molar-refractivity contribution is 8.01. The molecule has 12 nitrogen and oxygen atoms in total. The van der Waals surface area contributed by atoms with Crippen LogP contribution in [0.25, 0.3) is 0 Å². The van der Waals surface area contributed by atoms with Crippen LogP contribution in [-0.4, -0.2) is 67.5 Å². The first kappa shape index (κ1) is 30.1. The molecule has 0 radical (unpaired) electrons. The van der Waals surface area contributed by atoms with Crippen LogP contribution in [0.1, 0.15) is 38.1 Å². The summed E-state index contributed by atoms with van der Waals surface area (Å²) in [6.07, 6.45) is -0.401. The average Bonchev–Trinajstić information content (AvgIpc) is 3.29. The maximum absolute atomic E-state index is 13.2. The molecule has 13 heteroatoms. The third kappa shape index (κ3) is 6.36. The van der Waals surface area contributed by atoms with Crippen molar-refractivity contribution in [1.82, 2.24) is 10.4 Å². The second-order valence-corrected chi connectivity index (χ2v) is 10.2. The van der Waals surface area contributed by atoms with Crippen molar-refractivity contribution >= 4 is 41.1 Å². The summed E-state index contributed by atoms with van der Waals surface area (Å²) < 4.78 is 21.3. The van der Waals surface area contributed by atoms with Crippen molar-refractivity contribution in [3.8, 4) is 23.0 Å². The molecule has 0 spiro atoms. The number of hydrogen-bond donors (Lipinski definition) is 3. The smallest absolute Gasteiger partial charge is 0.305 e. The summed E-state index contributed by atoms with van der Waals surface area (Å²) in [7, 11) is 5.84. The number of anilines is 1. The number of thioether (sulfide) groups is 1. The molecule has 1 aliphatic heterocycles. The number of ether oxygens (including phenoxy) is 4. The lowest BCUT2D eigenvalue weighted by Crippen LogP contribution is -2.46. The summed E-state index contributed by atoms with van der Waals surface area (Å²) in [6, 6.07) is 16.1. The van der Waals surface area contributed by atoms with Gasteiger partial charge in [0.15, 0.2) is 11.5 Å². The average molecular weight is 596 g/mol. The fourth-order valence-electron chi connectivity index (χ4n) is 4.33. The van der Waals surface area contributed by atoms with Gasteiger partial charge in [-0.25, -0.2) is 5.01 Å². The summed E-state index contributed by atoms with van der Waals surface area (Å²) in [6.45, 7) is 0.